The SMILES string of the molecule is CC(C)(C)CCNC(=O)c1ccc(C#N)nc1. The molecule has 1 N–H and O–H groups in total. The Balaban J connectivity index is 2.50. The van der Waals surface area contributed by atoms with Crippen molar-refractivity contribution in [1.29, 1.82) is 5.26 Å². The van der Waals surface area contributed by atoms with Crippen molar-refractivity contribution in [2.75, 3.05) is 6.54 Å². The Hall–Kier alpha value is -1.89. The summed E-state index contributed by atoms with van der Waals surface area (Å²) < 4.78 is 0. The van der Waals surface area contributed by atoms with Crippen LogP contribution >= 0.6 is 0 Å². The number of aromatic nitrogens is 1. The molecular weight excluding hydrogens is 214 g/mol. The highest BCUT2D eigenvalue weighted by Crippen LogP contribution is 2.17. The molecule has 1 rings (SSSR count). The van der Waals surface area contributed by atoms with Crippen LogP contribution in [0.25, 0.3) is 0 Å². The van der Waals surface area contributed by atoms with Crippen LogP contribution in [0.1, 0.15) is 43.2 Å². The van der Waals surface area contributed by atoms with E-state index in [2.05, 4.69) is 31.1 Å². The van der Waals surface area contributed by atoms with Gasteiger partial charge >= 0.3 is 0 Å². The Morgan fingerprint density at radius 1 is 1.47 bits per heavy atom. The molecule has 0 saturated carbocycles. The predicted molar refractivity (Wildman–Crippen MR) is 65.4 cm³/mol. The molecule has 0 bridgehead atoms. The lowest BCUT2D eigenvalue weighted by molar-refractivity contribution is 0.0949. The van der Waals surface area contributed by atoms with Crippen molar-refractivity contribution in [2.24, 2.45) is 5.41 Å². The van der Waals surface area contributed by atoms with E-state index in [1.54, 1.807) is 12.1 Å². The van der Waals surface area contributed by atoms with Crippen LogP contribution in [0.15, 0.2) is 18.3 Å². The number of nitrogens with zero attached hydrogens (tertiary/aromatic N) is 2. The van der Waals surface area contributed by atoms with E-state index in [0.717, 1.165) is 6.42 Å². The summed E-state index contributed by atoms with van der Waals surface area (Å²) in [5, 5.41) is 11.4. The summed E-state index contributed by atoms with van der Waals surface area (Å²) in [5.41, 5.74) is 1.00. The van der Waals surface area contributed by atoms with Crippen molar-refractivity contribution in [3.8, 4) is 6.07 Å². The second-order valence-electron chi connectivity index (χ2n) is 5.11. The highest BCUT2D eigenvalue weighted by Gasteiger charge is 2.11. The molecule has 1 heterocycles. The molecule has 0 aliphatic rings. The molecule has 0 saturated heterocycles. The number of hydrogen-bond acceptors (Lipinski definition) is 3. The molecule has 0 fully saturated rings. The van der Waals surface area contributed by atoms with Gasteiger partial charge in [0.05, 0.1) is 5.56 Å². The smallest absolute Gasteiger partial charge is 0.252 e. The summed E-state index contributed by atoms with van der Waals surface area (Å²) in [4.78, 5) is 15.5. The van der Waals surface area contributed by atoms with Crippen LogP contribution in [0.4, 0.5) is 0 Å². The van der Waals surface area contributed by atoms with E-state index < -0.39 is 0 Å². The first-order valence-electron chi connectivity index (χ1n) is 5.57. The molecule has 0 spiro atoms. The molecule has 0 unspecified atom stereocenters. The van der Waals surface area contributed by atoms with Gasteiger partial charge in [0.25, 0.3) is 5.91 Å². The van der Waals surface area contributed by atoms with Crippen LogP contribution in [-0.2, 0) is 0 Å². The number of pyridine rings is 1. The van der Waals surface area contributed by atoms with E-state index in [0.29, 0.717) is 17.8 Å². The van der Waals surface area contributed by atoms with E-state index in [4.69, 9.17) is 5.26 Å². The fourth-order valence-electron chi connectivity index (χ4n) is 1.25. The highest BCUT2D eigenvalue weighted by atomic mass is 16.1. The topological polar surface area (TPSA) is 65.8 Å². The van der Waals surface area contributed by atoms with Crippen molar-refractivity contribution >= 4 is 5.91 Å². The summed E-state index contributed by atoms with van der Waals surface area (Å²) >= 11 is 0. The molecule has 0 aromatic carbocycles. The van der Waals surface area contributed by atoms with Gasteiger partial charge in [-0.05, 0) is 24.0 Å². The van der Waals surface area contributed by atoms with Gasteiger partial charge in [-0.1, -0.05) is 20.8 Å². The first kappa shape index (κ1) is 13.2. The molecular formula is C13H17N3O. The Morgan fingerprint density at radius 3 is 2.65 bits per heavy atom. The predicted octanol–water partition coefficient (Wildman–Crippen LogP) is 2.12. The highest BCUT2D eigenvalue weighted by molar-refractivity contribution is 5.93. The summed E-state index contributed by atoms with van der Waals surface area (Å²) in [6.45, 7) is 7.02. The molecule has 1 aromatic rings. The fraction of sp³-hybridized carbons (Fsp3) is 0.462. The van der Waals surface area contributed by atoms with Crippen molar-refractivity contribution < 1.29 is 4.79 Å². The van der Waals surface area contributed by atoms with Crippen LogP contribution in [0, 0.1) is 16.7 Å². The molecule has 17 heavy (non-hydrogen) atoms. The van der Waals surface area contributed by atoms with Crippen LogP contribution in [0.5, 0.6) is 0 Å². The van der Waals surface area contributed by atoms with E-state index in [9.17, 15) is 4.79 Å². The fourth-order valence-corrected chi connectivity index (χ4v) is 1.25. The van der Waals surface area contributed by atoms with Gasteiger partial charge in [0.1, 0.15) is 11.8 Å². The Labute approximate surface area is 102 Å². The first-order chi connectivity index (χ1) is 7.92. The monoisotopic (exact) mass is 231 g/mol. The number of carbonyl (C=O) groups is 1. The van der Waals surface area contributed by atoms with Crippen molar-refractivity contribution in [3.63, 3.8) is 0 Å². The maximum atomic E-state index is 11.7. The maximum Gasteiger partial charge on any atom is 0.252 e. The molecule has 90 valence electrons. The number of hydrogen-bond donors (Lipinski definition) is 1. The molecule has 0 atom stereocenters. The average molecular weight is 231 g/mol. The standard InChI is InChI=1S/C13H17N3O/c1-13(2,3)6-7-15-12(17)10-4-5-11(8-14)16-9-10/h4-5,9H,6-7H2,1-3H3,(H,15,17). The zero-order valence-corrected chi connectivity index (χ0v) is 10.4. The van der Waals surface area contributed by atoms with Gasteiger partial charge in [0, 0.05) is 12.7 Å². The zero-order chi connectivity index (χ0) is 12.9. The quantitative estimate of drug-likeness (QED) is 0.866. The first-order valence-corrected chi connectivity index (χ1v) is 5.57. The third-order valence-corrected chi connectivity index (χ3v) is 2.30. The molecule has 1 amide bonds. The number of carbonyl (C=O) groups excluding carboxylic acids is 1. The van der Waals surface area contributed by atoms with Gasteiger partial charge in [-0.25, -0.2) is 4.98 Å². The molecule has 1 aromatic heterocycles. The van der Waals surface area contributed by atoms with Gasteiger partial charge in [0.15, 0.2) is 0 Å². The normalized spacial score (nSPS) is 10.7. The second-order valence-corrected chi connectivity index (χ2v) is 5.11. The number of nitriles is 1. The molecule has 0 radical (unpaired) electrons. The van der Waals surface area contributed by atoms with Crippen LogP contribution < -0.4 is 5.32 Å². The van der Waals surface area contributed by atoms with Gasteiger partial charge in [-0.15, -0.1) is 0 Å². The summed E-state index contributed by atoms with van der Waals surface area (Å²) in [6.07, 6.45) is 2.34. The van der Waals surface area contributed by atoms with E-state index >= 15 is 0 Å². The molecule has 4 nitrogen and oxygen atoms in total. The van der Waals surface area contributed by atoms with Gasteiger partial charge in [-0.2, -0.15) is 5.26 Å². The summed E-state index contributed by atoms with van der Waals surface area (Å²) in [7, 11) is 0. The van der Waals surface area contributed by atoms with Crippen LogP contribution in [0.3, 0.4) is 0 Å². The lowest BCUT2D eigenvalue weighted by atomic mass is 9.92. The minimum Gasteiger partial charge on any atom is -0.352 e. The van der Waals surface area contributed by atoms with Gasteiger partial charge < -0.3 is 5.32 Å². The number of rotatable bonds is 3. The second kappa shape index (κ2) is 5.44. The molecule has 0 aliphatic carbocycles. The lowest BCUT2D eigenvalue weighted by Crippen LogP contribution is -2.27. The van der Waals surface area contributed by atoms with Gasteiger partial charge in [-0.3, -0.25) is 4.79 Å². The van der Waals surface area contributed by atoms with Crippen molar-refractivity contribution in [2.45, 2.75) is 27.2 Å². The third-order valence-electron chi connectivity index (χ3n) is 2.30. The summed E-state index contributed by atoms with van der Waals surface area (Å²) in [6, 6.07) is 5.06. The Morgan fingerprint density at radius 2 is 2.18 bits per heavy atom. The van der Waals surface area contributed by atoms with E-state index in [1.807, 2.05) is 6.07 Å². The molecule has 4 heteroatoms. The van der Waals surface area contributed by atoms with Crippen LogP contribution in [-0.4, -0.2) is 17.4 Å². The van der Waals surface area contributed by atoms with E-state index in [-0.39, 0.29) is 11.3 Å². The minimum absolute atomic E-state index is 0.147. The Kier molecular flexibility index (Phi) is 4.22. The lowest BCUT2D eigenvalue weighted by Gasteiger charge is -2.17. The number of amides is 1. The average Bonchev–Trinajstić information content (AvgIpc) is 2.27. The third kappa shape index (κ3) is 4.64. The largest absolute Gasteiger partial charge is 0.352 e. The zero-order valence-electron chi connectivity index (χ0n) is 10.4. The van der Waals surface area contributed by atoms with Crippen LogP contribution in [0.2, 0.25) is 0 Å². The molecule has 0 aliphatic heterocycles. The minimum atomic E-state index is -0.147. The maximum absolute atomic E-state index is 11.7. The summed E-state index contributed by atoms with van der Waals surface area (Å²) in [5.74, 6) is -0.147. The van der Waals surface area contributed by atoms with E-state index in [1.165, 1.54) is 6.20 Å². The van der Waals surface area contributed by atoms with Crippen molar-refractivity contribution in [1.82, 2.24) is 10.3 Å². The van der Waals surface area contributed by atoms with Crippen molar-refractivity contribution in [3.05, 3.63) is 29.6 Å². The number of nitrogens with one attached hydrogen (secondary N) is 1. The Bertz CT molecular complexity index is 423. The van der Waals surface area contributed by atoms with Gasteiger partial charge in [0.2, 0.25) is 0 Å².